The summed E-state index contributed by atoms with van der Waals surface area (Å²) in [6.45, 7) is 0. The zero-order valence-corrected chi connectivity index (χ0v) is 9.64. The zero-order chi connectivity index (χ0) is 11.9. The van der Waals surface area contributed by atoms with Crippen LogP contribution in [0.1, 0.15) is 0 Å². The van der Waals surface area contributed by atoms with E-state index in [0.717, 1.165) is 0 Å². The summed E-state index contributed by atoms with van der Waals surface area (Å²) in [6, 6.07) is 0. The van der Waals surface area contributed by atoms with Crippen molar-refractivity contribution >= 4 is 39.1 Å². The molecule has 8 heteroatoms. The number of hydrogen-bond donors (Lipinski definition) is 1. The number of halogens is 2. The fourth-order valence-corrected chi connectivity index (χ4v) is 1.75. The summed E-state index contributed by atoms with van der Waals surface area (Å²) in [5, 5.41) is -0.0966. The second-order valence-corrected chi connectivity index (χ2v) is 4.60. The second kappa shape index (κ2) is 3.91. The summed E-state index contributed by atoms with van der Waals surface area (Å²) in [7, 11) is -1.44. The van der Waals surface area contributed by atoms with Crippen molar-refractivity contribution in [2.24, 2.45) is 0 Å². The molecule has 0 aliphatic heterocycles. The summed E-state index contributed by atoms with van der Waals surface area (Å²) in [5.74, 6) is -0.766. The molecule has 0 saturated carbocycles. The van der Waals surface area contributed by atoms with Gasteiger partial charge in [-0.2, -0.15) is 0 Å². The van der Waals surface area contributed by atoms with Gasteiger partial charge in [0.25, 0.3) is 0 Å². The Labute approximate surface area is 97.3 Å². The first kappa shape index (κ1) is 11.2. The lowest BCUT2D eigenvalue weighted by molar-refractivity contribution is 0.629. The van der Waals surface area contributed by atoms with Gasteiger partial charge < -0.3 is 5.73 Å². The first-order valence-corrected chi connectivity index (χ1v) is 6.05. The van der Waals surface area contributed by atoms with Gasteiger partial charge in [0, 0.05) is 12.5 Å². The molecule has 2 rings (SSSR count). The van der Waals surface area contributed by atoms with E-state index in [9.17, 15) is 8.60 Å². The maximum atomic E-state index is 13.6. The molecule has 84 valence electrons. The Kier molecular flexibility index (Phi) is 2.73. The van der Waals surface area contributed by atoms with E-state index < -0.39 is 16.6 Å². The van der Waals surface area contributed by atoms with Gasteiger partial charge in [-0.3, -0.25) is 4.21 Å². The van der Waals surface area contributed by atoms with Gasteiger partial charge in [-0.05, 0) is 0 Å². The van der Waals surface area contributed by atoms with E-state index >= 15 is 0 Å². The maximum Gasteiger partial charge on any atom is 0.220 e. The summed E-state index contributed by atoms with van der Waals surface area (Å²) >= 11 is 5.51. The highest BCUT2D eigenvalue weighted by Gasteiger charge is 2.14. The van der Waals surface area contributed by atoms with Gasteiger partial charge in [0.15, 0.2) is 11.0 Å². The molecule has 0 aliphatic carbocycles. The van der Waals surface area contributed by atoms with Crippen LogP contribution in [-0.2, 0) is 10.8 Å². The van der Waals surface area contributed by atoms with Crippen molar-refractivity contribution < 1.29 is 8.60 Å². The molecule has 1 atom stereocenters. The van der Waals surface area contributed by atoms with Crippen molar-refractivity contribution in [3.63, 3.8) is 0 Å². The largest absolute Gasteiger partial charge is 0.383 e. The zero-order valence-electron chi connectivity index (χ0n) is 8.07. The third kappa shape index (κ3) is 1.72. The van der Waals surface area contributed by atoms with E-state index in [2.05, 4.69) is 15.0 Å². The van der Waals surface area contributed by atoms with Crippen LogP contribution in [0.5, 0.6) is 0 Å². The number of nitrogens with zero attached hydrogens (tertiary/aromatic N) is 3. The van der Waals surface area contributed by atoms with Crippen molar-refractivity contribution in [3.05, 3.63) is 17.2 Å². The first-order chi connectivity index (χ1) is 7.50. The molecule has 0 fully saturated rings. The van der Waals surface area contributed by atoms with Gasteiger partial charge in [0.1, 0.15) is 11.3 Å². The Morgan fingerprint density at radius 1 is 1.50 bits per heavy atom. The number of nitrogen functional groups attached to an aromatic ring is 1. The van der Waals surface area contributed by atoms with Gasteiger partial charge in [-0.15, -0.1) is 0 Å². The van der Waals surface area contributed by atoms with Crippen LogP contribution in [0.25, 0.3) is 10.9 Å². The maximum absolute atomic E-state index is 13.6. The lowest BCUT2D eigenvalue weighted by atomic mass is 10.3. The summed E-state index contributed by atoms with van der Waals surface area (Å²) < 4.78 is 24.8. The normalized spacial score (nSPS) is 12.9. The fourth-order valence-electron chi connectivity index (χ4n) is 1.16. The lowest BCUT2D eigenvalue weighted by Gasteiger charge is -2.04. The first-order valence-electron chi connectivity index (χ1n) is 4.11. The van der Waals surface area contributed by atoms with Crippen molar-refractivity contribution in [2.45, 2.75) is 5.16 Å². The predicted octanol–water partition coefficient (Wildman–Crippen LogP) is 1.14. The van der Waals surface area contributed by atoms with E-state index in [4.69, 9.17) is 17.3 Å². The van der Waals surface area contributed by atoms with Crippen molar-refractivity contribution in [2.75, 3.05) is 12.0 Å². The van der Waals surface area contributed by atoms with E-state index in [1.54, 1.807) is 0 Å². The quantitative estimate of drug-likeness (QED) is 0.614. The van der Waals surface area contributed by atoms with Gasteiger partial charge >= 0.3 is 0 Å². The molecule has 0 spiro atoms. The molecule has 2 N–H and O–H groups in total. The van der Waals surface area contributed by atoms with Crippen LogP contribution < -0.4 is 5.73 Å². The molecule has 0 radical (unpaired) electrons. The van der Waals surface area contributed by atoms with Crippen LogP contribution in [0.2, 0.25) is 5.15 Å². The van der Waals surface area contributed by atoms with E-state index in [1.165, 1.54) is 12.5 Å². The molecular weight excluding hydrogens is 255 g/mol. The SMILES string of the molecule is CS(=O)c1nc(N)c2cnc(Cl)c(F)c2n1. The number of hydrogen-bond acceptors (Lipinski definition) is 5. The van der Waals surface area contributed by atoms with E-state index in [1.807, 2.05) is 0 Å². The average molecular weight is 261 g/mol. The van der Waals surface area contributed by atoms with Crippen LogP contribution in [0, 0.1) is 5.82 Å². The minimum atomic E-state index is -1.44. The average Bonchev–Trinajstić information content (AvgIpc) is 2.23. The molecule has 2 aromatic rings. The van der Waals surface area contributed by atoms with E-state index in [0.29, 0.717) is 0 Å². The molecule has 0 bridgehead atoms. The van der Waals surface area contributed by atoms with Crippen molar-refractivity contribution in [1.82, 2.24) is 15.0 Å². The Morgan fingerprint density at radius 2 is 2.19 bits per heavy atom. The highest BCUT2D eigenvalue weighted by molar-refractivity contribution is 7.84. The van der Waals surface area contributed by atoms with Crippen molar-refractivity contribution in [3.8, 4) is 0 Å². The van der Waals surface area contributed by atoms with Gasteiger partial charge in [-0.25, -0.2) is 19.3 Å². The predicted molar refractivity (Wildman–Crippen MR) is 59.0 cm³/mol. The minimum Gasteiger partial charge on any atom is -0.383 e. The lowest BCUT2D eigenvalue weighted by Crippen LogP contribution is -2.04. The van der Waals surface area contributed by atoms with Crippen LogP contribution >= 0.6 is 11.6 Å². The molecule has 0 aromatic carbocycles. The molecular formula is C8H6ClFN4OS. The third-order valence-corrected chi connectivity index (χ3v) is 2.87. The summed E-state index contributed by atoms with van der Waals surface area (Å²) in [4.78, 5) is 11.2. The topological polar surface area (TPSA) is 81.8 Å². The summed E-state index contributed by atoms with van der Waals surface area (Å²) in [5.41, 5.74) is 5.51. The Hall–Kier alpha value is -1.34. The fraction of sp³-hybridized carbons (Fsp3) is 0.125. The minimum absolute atomic E-state index is 0.0262. The van der Waals surface area contributed by atoms with E-state index in [-0.39, 0.29) is 27.0 Å². The Bertz CT molecular complexity index is 606. The second-order valence-electron chi connectivity index (χ2n) is 2.97. The van der Waals surface area contributed by atoms with Crippen LogP contribution in [0.3, 0.4) is 0 Å². The highest BCUT2D eigenvalue weighted by atomic mass is 35.5. The molecule has 0 saturated heterocycles. The van der Waals surface area contributed by atoms with Crippen LogP contribution in [0.15, 0.2) is 11.4 Å². The molecule has 0 amide bonds. The van der Waals surface area contributed by atoms with Gasteiger partial charge in [0.2, 0.25) is 5.16 Å². The van der Waals surface area contributed by atoms with Crippen molar-refractivity contribution in [1.29, 1.82) is 0 Å². The monoisotopic (exact) mass is 260 g/mol. The molecule has 2 aromatic heterocycles. The summed E-state index contributed by atoms with van der Waals surface area (Å²) in [6.07, 6.45) is 2.65. The number of nitrogens with two attached hydrogens (primary N) is 1. The third-order valence-electron chi connectivity index (χ3n) is 1.91. The standard InChI is InChI=1S/C8H6ClFN4OS/c1-16(15)8-13-5-3(7(11)14-8)2-12-6(9)4(5)10/h2H,1H3,(H2,11,13,14). The Morgan fingerprint density at radius 3 is 2.81 bits per heavy atom. The number of anilines is 1. The number of aromatic nitrogens is 3. The Balaban J connectivity index is 2.88. The van der Waals surface area contributed by atoms with Gasteiger partial charge in [0.05, 0.1) is 16.2 Å². The number of pyridine rings is 1. The number of rotatable bonds is 1. The van der Waals surface area contributed by atoms with Crippen LogP contribution in [-0.4, -0.2) is 25.4 Å². The number of fused-ring (bicyclic) bond motifs is 1. The molecule has 0 aliphatic rings. The van der Waals surface area contributed by atoms with Gasteiger partial charge in [-0.1, -0.05) is 11.6 Å². The van der Waals surface area contributed by atoms with Crippen LogP contribution in [0.4, 0.5) is 10.2 Å². The molecule has 1 unspecified atom stereocenters. The highest BCUT2D eigenvalue weighted by Crippen LogP contribution is 2.24. The smallest absolute Gasteiger partial charge is 0.220 e. The molecule has 2 heterocycles. The molecule has 5 nitrogen and oxygen atoms in total. The molecule has 16 heavy (non-hydrogen) atoms.